The molecule has 152 valence electrons. The smallest absolute Gasteiger partial charge is 0.255 e. The Morgan fingerprint density at radius 1 is 1.00 bits per heavy atom. The molecule has 5 rings (SSSR count). The average Bonchev–Trinajstić information content (AvgIpc) is 3.50. The molecule has 1 saturated heterocycles. The molecule has 2 saturated carbocycles. The first-order valence-corrected chi connectivity index (χ1v) is 11.3. The zero-order valence-electron chi connectivity index (χ0n) is 16.8. The fourth-order valence-electron chi connectivity index (χ4n) is 5.85. The van der Waals surface area contributed by atoms with Gasteiger partial charge in [0.15, 0.2) is 0 Å². The van der Waals surface area contributed by atoms with Crippen LogP contribution in [-0.2, 0) is 17.8 Å². The summed E-state index contributed by atoms with van der Waals surface area (Å²) in [4.78, 5) is 38.0. The minimum Gasteiger partial charge on any atom is -0.342 e. The molecule has 0 radical (unpaired) electrons. The van der Waals surface area contributed by atoms with Crippen LogP contribution in [0, 0.1) is 5.92 Å². The molecule has 0 spiro atoms. The van der Waals surface area contributed by atoms with Gasteiger partial charge in [-0.1, -0.05) is 25.7 Å². The summed E-state index contributed by atoms with van der Waals surface area (Å²) in [6.45, 7) is 3.28. The highest BCUT2D eigenvalue weighted by Crippen LogP contribution is 2.32. The van der Waals surface area contributed by atoms with Gasteiger partial charge in [0.05, 0.1) is 11.3 Å². The van der Waals surface area contributed by atoms with Crippen LogP contribution in [0.15, 0.2) is 4.79 Å². The maximum atomic E-state index is 12.8. The Morgan fingerprint density at radius 3 is 2.54 bits per heavy atom. The molecular formula is C22H32N4O2. The van der Waals surface area contributed by atoms with Gasteiger partial charge in [0.1, 0.15) is 5.82 Å². The van der Waals surface area contributed by atoms with E-state index in [-0.39, 0.29) is 17.4 Å². The molecule has 1 N–H and O–H groups in total. The van der Waals surface area contributed by atoms with E-state index in [1.807, 2.05) is 4.90 Å². The molecule has 2 aliphatic heterocycles. The SMILES string of the molecule is O=C(C1CCCC1)N1CC[C@@H](c2nc3c(c(=O)[nH]2)CN(C2CCCC2)CC3)C1. The third kappa shape index (κ3) is 3.40. The number of fused-ring (bicyclic) bond motifs is 1. The van der Waals surface area contributed by atoms with Crippen LogP contribution >= 0.6 is 0 Å². The predicted octanol–water partition coefficient (Wildman–Crippen LogP) is 2.58. The lowest BCUT2D eigenvalue weighted by Gasteiger charge is -2.32. The summed E-state index contributed by atoms with van der Waals surface area (Å²) < 4.78 is 0. The van der Waals surface area contributed by atoms with Crippen molar-refractivity contribution in [2.45, 2.75) is 82.7 Å². The van der Waals surface area contributed by atoms with E-state index < -0.39 is 0 Å². The first-order chi connectivity index (χ1) is 13.7. The number of aromatic amines is 1. The van der Waals surface area contributed by atoms with Crippen molar-refractivity contribution >= 4 is 5.91 Å². The molecule has 1 aromatic rings. The number of hydrogen-bond acceptors (Lipinski definition) is 4. The second-order valence-corrected chi connectivity index (χ2v) is 9.29. The molecule has 28 heavy (non-hydrogen) atoms. The van der Waals surface area contributed by atoms with Gasteiger partial charge in [-0.15, -0.1) is 0 Å². The summed E-state index contributed by atoms with van der Waals surface area (Å²) in [6.07, 6.45) is 11.4. The molecule has 1 amide bonds. The van der Waals surface area contributed by atoms with E-state index in [4.69, 9.17) is 4.98 Å². The van der Waals surface area contributed by atoms with Gasteiger partial charge in [-0.05, 0) is 32.1 Å². The number of aromatic nitrogens is 2. The highest BCUT2D eigenvalue weighted by atomic mass is 16.2. The van der Waals surface area contributed by atoms with Crippen molar-refractivity contribution in [2.24, 2.45) is 5.92 Å². The Labute approximate surface area is 166 Å². The van der Waals surface area contributed by atoms with Gasteiger partial charge in [0, 0.05) is 50.5 Å². The summed E-state index contributed by atoms with van der Waals surface area (Å²) in [6, 6.07) is 0.650. The highest BCUT2D eigenvalue weighted by Gasteiger charge is 2.35. The number of carbonyl (C=O) groups excluding carboxylic acids is 1. The Morgan fingerprint density at radius 2 is 1.75 bits per heavy atom. The molecule has 6 heteroatoms. The van der Waals surface area contributed by atoms with E-state index in [2.05, 4.69) is 9.88 Å². The topological polar surface area (TPSA) is 69.3 Å². The van der Waals surface area contributed by atoms with Gasteiger partial charge in [0.25, 0.3) is 5.56 Å². The number of nitrogens with one attached hydrogen (secondary N) is 1. The lowest BCUT2D eigenvalue weighted by Crippen LogP contribution is -2.41. The molecule has 4 aliphatic rings. The van der Waals surface area contributed by atoms with Crippen LogP contribution in [-0.4, -0.2) is 51.4 Å². The fourth-order valence-corrected chi connectivity index (χ4v) is 5.85. The molecule has 3 heterocycles. The summed E-state index contributed by atoms with van der Waals surface area (Å²) >= 11 is 0. The van der Waals surface area contributed by atoms with Gasteiger partial charge in [-0.2, -0.15) is 0 Å². The van der Waals surface area contributed by atoms with Crippen LogP contribution in [0.2, 0.25) is 0 Å². The van der Waals surface area contributed by atoms with E-state index in [0.29, 0.717) is 18.5 Å². The lowest BCUT2D eigenvalue weighted by molar-refractivity contribution is -0.134. The number of rotatable bonds is 3. The zero-order valence-corrected chi connectivity index (χ0v) is 16.8. The minimum atomic E-state index is 0.0447. The maximum Gasteiger partial charge on any atom is 0.255 e. The van der Waals surface area contributed by atoms with Crippen molar-refractivity contribution in [1.82, 2.24) is 19.8 Å². The van der Waals surface area contributed by atoms with Gasteiger partial charge >= 0.3 is 0 Å². The molecule has 3 fully saturated rings. The first-order valence-electron chi connectivity index (χ1n) is 11.3. The standard InChI is InChI=1S/C22H32N4O2/c27-21-18-14-25(17-7-3-4-8-17)12-10-19(18)23-20(24-21)16-9-11-26(13-16)22(28)15-5-1-2-6-15/h15-17H,1-14H2,(H,23,24,27)/t16-/m1/s1. The van der Waals surface area contributed by atoms with Crippen LogP contribution in [0.3, 0.4) is 0 Å². The first kappa shape index (κ1) is 18.3. The van der Waals surface area contributed by atoms with E-state index in [0.717, 1.165) is 62.4 Å². The van der Waals surface area contributed by atoms with Crippen LogP contribution in [0.4, 0.5) is 0 Å². The van der Waals surface area contributed by atoms with Crippen molar-refractivity contribution in [3.8, 4) is 0 Å². The maximum absolute atomic E-state index is 12.8. The number of H-pyrrole nitrogens is 1. The van der Waals surface area contributed by atoms with Crippen LogP contribution in [0.5, 0.6) is 0 Å². The van der Waals surface area contributed by atoms with Crippen molar-refractivity contribution in [1.29, 1.82) is 0 Å². The summed E-state index contributed by atoms with van der Waals surface area (Å²) in [5.41, 5.74) is 1.91. The monoisotopic (exact) mass is 384 g/mol. The lowest BCUT2D eigenvalue weighted by atomic mass is 10.0. The number of carbonyl (C=O) groups is 1. The van der Waals surface area contributed by atoms with E-state index >= 15 is 0 Å². The third-order valence-corrected chi connectivity index (χ3v) is 7.55. The van der Waals surface area contributed by atoms with Crippen molar-refractivity contribution in [3.63, 3.8) is 0 Å². The fraction of sp³-hybridized carbons (Fsp3) is 0.773. The predicted molar refractivity (Wildman–Crippen MR) is 107 cm³/mol. The van der Waals surface area contributed by atoms with E-state index in [9.17, 15) is 9.59 Å². The molecule has 0 bridgehead atoms. The van der Waals surface area contributed by atoms with Gasteiger partial charge in [0.2, 0.25) is 5.91 Å². The van der Waals surface area contributed by atoms with Crippen LogP contribution in [0.25, 0.3) is 0 Å². The summed E-state index contributed by atoms with van der Waals surface area (Å²) in [7, 11) is 0. The number of amides is 1. The zero-order chi connectivity index (χ0) is 19.1. The molecule has 6 nitrogen and oxygen atoms in total. The van der Waals surface area contributed by atoms with Crippen LogP contribution in [0.1, 0.15) is 80.8 Å². The molecule has 2 aliphatic carbocycles. The molecule has 0 unspecified atom stereocenters. The van der Waals surface area contributed by atoms with E-state index in [1.165, 1.54) is 38.5 Å². The minimum absolute atomic E-state index is 0.0447. The molecular weight excluding hydrogens is 352 g/mol. The Balaban J connectivity index is 1.29. The largest absolute Gasteiger partial charge is 0.342 e. The van der Waals surface area contributed by atoms with Crippen molar-refractivity contribution in [3.05, 3.63) is 27.4 Å². The Hall–Kier alpha value is -1.69. The molecule has 1 aromatic heterocycles. The third-order valence-electron chi connectivity index (χ3n) is 7.55. The second kappa shape index (κ2) is 7.62. The quantitative estimate of drug-likeness (QED) is 0.870. The van der Waals surface area contributed by atoms with Gasteiger partial charge < -0.3 is 9.88 Å². The number of nitrogens with zero attached hydrogens (tertiary/aromatic N) is 3. The van der Waals surface area contributed by atoms with Gasteiger partial charge in [-0.3, -0.25) is 14.5 Å². The summed E-state index contributed by atoms with van der Waals surface area (Å²) in [5, 5.41) is 0. The highest BCUT2D eigenvalue weighted by molar-refractivity contribution is 5.79. The van der Waals surface area contributed by atoms with Gasteiger partial charge in [-0.25, -0.2) is 4.98 Å². The van der Waals surface area contributed by atoms with E-state index in [1.54, 1.807) is 0 Å². The summed E-state index contributed by atoms with van der Waals surface area (Å²) in [5.74, 6) is 1.54. The Kier molecular flexibility index (Phi) is 4.99. The van der Waals surface area contributed by atoms with Crippen molar-refractivity contribution in [2.75, 3.05) is 19.6 Å². The average molecular weight is 385 g/mol. The Bertz CT molecular complexity index is 792. The van der Waals surface area contributed by atoms with Crippen molar-refractivity contribution < 1.29 is 4.79 Å². The second-order valence-electron chi connectivity index (χ2n) is 9.29. The van der Waals surface area contributed by atoms with Crippen LogP contribution < -0.4 is 5.56 Å². The number of hydrogen-bond donors (Lipinski definition) is 1. The normalized spacial score (nSPS) is 26.9. The molecule has 1 atom stereocenters. The number of likely N-dealkylation sites (tertiary alicyclic amines) is 1. The molecule has 0 aromatic carbocycles.